The van der Waals surface area contributed by atoms with E-state index in [0.717, 1.165) is 10.7 Å². The van der Waals surface area contributed by atoms with Crippen molar-refractivity contribution in [2.45, 2.75) is 49.8 Å². The molecule has 4 heteroatoms. The van der Waals surface area contributed by atoms with Crippen molar-refractivity contribution in [3.8, 4) is 0 Å². The van der Waals surface area contributed by atoms with Gasteiger partial charge in [0.05, 0.1) is 22.1 Å². The molecule has 1 rings (SSSR count). The molecule has 1 heterocycles. The molecule has 0 saturated heterocycles. The molecular formula is C13H18N2S2. The summed E-state index contributed by atoms with van der Waals surface area (Å²) in [6.07, 6.45) is 5.43. The minimum atomic E-state index is 0.234. The SMILES string of the molecule is CCCCC(C)(C)Sc1ccc(N=C=S)cn1. The molecule has 0 aliphatic rings. The second-order valence-corrected chi connectivity index (χ2v) is 6.43. The maximum atomic E-state index is 4.55. The molecule has 0 saturated carbocycles. The molecule has 0 aromatic carbocycles. The maximum absolute atomic E-state index is 4.55. The zero-order valence-corrected chi connectivity index (χ0v) is 12.2. The monoisotopic (exact) mass is 266 g/mol. The molecule has 0 aliphatic carbocycles. The highest BCUT2D eigenvalue weighted by Gasteiger charge is 2.19. The number of thioether (sulfide) groups is 1. The zero-order valence-electron chi connectivity index (χ0n) is 10.6. The van der Waals surface area contributed by atoms with Crippen molar-refractivity contribution in [3.63, 3.8) is 0 Å². The standard InChI is InChI=1S/C13H18N2S2/c1-4-5-8-13(2,3)17-12-7-6-11(9-14-12)15-10-16/h6-7,9H,4-5,8H2,1-3H3. The van der Waals surface area contributed by atoms with E-state index in [4.69, 9.17) is 0 Å². The van der Waals surface area contributed by atoms with Gasteiger partial charge in [-0.2, -0.15) is 4.99 Å². The van der Waals surface area contributed by atoms with Crippen molar-refractivity contribution in [2.75, 3.05) is 0 Å². The van der Waals surface area contributed by atoms with Gasteiger partial charge >= 0.3 is 0 Å². The Kier molecular flexibility index (Phi) is 5.83. The van der Waals surface area contributed by atoms with Gasteiger partial charge in [-0.15, -0.1) is 11.8 Å². The fraction of sp³-hybridized carbons (Fsp3) is 0.538. The highest BCUT2D eigenvalue weighted by atomic mass is 32.2. The number of isothiocyanates is 1. The Morgan fingerprint density at radius 3 is 2.76 bits per heavy atom. The van der Waals surface area contributed by atoms with Crippen LogP contribution in [-0.2, 0) is 0 Å². The Bertz CT molecular complexity index is 392. The average Bonchev–Trinajstić information content (AvgIpc) is 2.29. The number of aromatic nitrogens is 1. The number of thiocarbonyl (C=S) groups is 1. The molecule has 0 radical (unpaired) electrons. The molecule has 17 heavy (non-hydrogen) atoms. The van der Waals surface area contributed by atoms with Gasteiger partial charge in [0.2, 0.25) is 0 Å². The fourth-order valence-electron chi connectivity index (χ4n) is 1.49. The normalized spacial score (nSPS) is 11.0. The average molecular weight is 266 g/mol. The van der Waals surface area contributed by atoms with Crippen molar-refractivity contribution in [1.29, 1.82) is 0 Å². The van der Waals surface area contributed by atoms with Gasteiger partial charge in [-0.25, -0.2) is 4.98 Å². The third-order valence-electron chi connectivity index (χ3n) is 2.41. The Labute approximate surface area is 113 Å². The van der Waals surface area contributed by atoms with E-state index >= 15 is 0 Å². The molecule has 2 nitrogen and oxygen atoms in total. The molecule has 0 fully saturated rings. The molecule has 0 amide bonds. The van der Waals surface area contributed by atoms with E-state index in [0.29, 0.717) is 0 Å². The van der Waals surface area contributed by atoms with Crippen LogP contribution in [0.1, 0.15) is 40.0 Å². The van der Waals surface area contributed by atoms with Gasteiger partial charge in [-0.1, -0.05) is 33.6 Å². The Balaban J connectivity index is 2.64. The Hall–Kier alpha value is -0.700. The van der Waals surface area contributed by atoms with Gasteiger partial charge < -0.3 is 0 Å². The van der Waals surface area contributed by atoms with E-state index in [1.54, 1.807) is 6.20 Å². The van der Waals surface area contributed by atoms with Crippen LogP contribution >= 0.6 is 24.0 Å². The lowest BCUT2D eigenvalue weighted by atomic mass is 10.1. The zero-order chi connectivity index (χ0) is 12.7. The number of unbranched alkanes of at least 4 members (excludes halogenated alkanes) is 1. The van der Waals surface area contributed by atoms with Crippen molar-refractivity contribution in [3.05, 3.63) is 18.3 Å². The minimum absolute atomic E-state index is 0.234. The second kappa shape index (κ2) is 6.90. The molecule has 0 N–H and O–H groups in total. The lowest BCUT2D eigenvalue weighted by Crippen LogP contribution is -2.14. The first-order chi connectivity index (χ1) is 8.07. The number of nitrogens with zero attached hydrogens (tertiary/aromatic N) is 2. The largest absolute Gasteiger partial charge is 0.248 e. The highest BCUT2D eigenvalue weighted by Crippen LogP contribution is 2.35. The quantitative estimate of drug-likeness (QED) is 0.417. The summed E-state index contributed by atoms with van der Waals surface area (Å²) >= 11 is 6.37. The molecule has 92 valence electrons. The number of pyridine rings is 1. The molecule has 0 unspecified atom stereocenters. The van der Waals surface area contributed by atoms with Gasteiger partial charge in [0.1, 0.15) is 0 Å². The van der Waals surface area contributed by atoms with E-state index in [1.807, 2.05) is 23.9 Å². The van der Waals surface area contributed by atoms with Crippen LogP contribution in [0.3, 0.4) is 0 Å². The second-order valence-electron chi connectivity index (χ2n) is 4.52. The smallest absolute Gasteiger partial charge is 0.0966 e. The molecular weight excluding hydrogens is 248 g/mol. The number of hydrogen-bond donors (Lipinski definition) is 0. The van der Waals surface area contributed by atoms with E-state index in [9.17, 15) is 0 Å². The Morgan fingerprint density at radius 2 is 2.24 bits per heavy atom. The van der Waals surface area contributed by atoms with Gasteiger partial charge in [-0.05, 0) is 30.8 Å². The van der Waals surface area contributed by atoms with Crippen LogP contribution in [0.25, 0.3) is 0 Å². The van der Waals surface area contributed by atoms with Crippen molar-refractivity contribution < 1.29 is 0 Å². The Morgan fingerprint density at radius 1 is 1.47 bits per heavy atom. The topological polar surface area (TPSA) is 25.2 Å². The first kappa shape index (κ1) is 14.4. The summed E-state index contributed by atoms with van der Waals surface area (Å²) in [4.78, 5) is 8.26. The van der Waals surface area contributed by atoms with Crippen molar-refractivity contribution in [1.82, 2.24) is 4.98 Å². The third-order valence-corrected chi connectivity index (χ3v) is 3.71. The van der Waals surface area contributed by atoms with E-state index in [-0.39, 0.29) is 4.75 Å². The van der Waals surface area contributed by atoms with E-state index < -0.39 is 0 Å². The molecule has 1 aromatic rings. The van der Waals surface area contributed by atoms with Gasteiger partial charge in [-0.3, -0.25) is 0 Å². The maximum Gasteiger partial charge on any atom is 0.0966 e. The molecule has 0 atom stereocenters. The summed E-state index contributed by atoms with van der Waals surface area (Å²) in [6.45, 7) is 6.74. The van der Waals surface area contributed by atoms with Crippen LogP contribution < -0.4 is 0 Å². The van der Waals surface area contributed by atoms with Crippen LogP contribution in [0, 0.1) is 0 Å². The fourth-order valence-corrected chi connectivity index (χ4v) is 2.65. The number of aliphatic imine (C=N–C) groups is 1. The van der Waals surface area contributed by atoms with E-state index in [2.05, 4.69) is 48.1 Å². The van der Waals surface area contributed by atoms with Crippen LogP contribution in [0.15, 0.2) is 28.3 Å². The van der Waals surface area contributed by atoms with Crippen LogP contribution in [0.4, 0.5) is 5.69 Å². The number of hydrogen-bond acceptors (Lipinski definition) is 4. The lowest BCUT2D eigenvalue weighted by molar-refractivity contribution is 0.593. The molecule has 0 spiro atoms. The van der Waals surface area contributed by atoms with Gasteiger partial charge in [0.15, 0.2) is 0 Å². The van der Waals surface area contributed by atoms with E-state index in [1.165, 1.54) is 19.3 Å². The van der Waals surface area contributed by atoms with Crippen molar-refractivity contribution >= 4 is 34.8 Å². The minimum Gasteiger partial charge on any atom is -0.248 e. The van der Waals surface area contributed by atoms with Crippen molar-refractivity contribution in [2.24, 2.45) is 4.99 Å². The predicted octanol–water partition coefficient (Wildman–Crippen LogP) is 4.88. The predicted molar refractivity (Wildman–Crippen MR) is 78.4 cm³/mol. The first-order valence-electron chi connectivity index (χ1n) is 5.80. The van der Waals surface area contributed by atoms with Crippen LogP contribution in [0.5, 0.6) is 0 Å². The van der Waals surface area contributed by atoms with Gasteiger partial charge in [0.25, 0.3) is 0 Å². The summed E-state index contributed by atoms with van der Waals surface area (Å²) in [5.41, 5.74) is 0.760. The summed E-state index contributed by atoms with van der Waals surface area (Å²) in [5, 5.41) is 3.38. The van der Waals surface area contributed by atoms with Gasteiger partial charge in [0, 0.05) is 4.75 Å². The summed E-state index contributed by atoms with van der Waals surface area (Å²) in [6, 6.07) is 3.91. The molecule has 1 aromatic heterocycles. The summed E-state index contributed by atoms with van der Waals surface area (Å²) < 4.78 is 0.234. The lowest BCUT2D eigenvalue weighted by Gasteiger charge is -2.23. The van der Waals surface area contributed by atoms with Crippen LogP contribution in [0.2, 0.25) is 0 Å². The molecule has 0 bridgehead atoms. The molecule has 0 aliphatic heterocycles. The highest BCUT2D eigenvalue weighted by molar-refractivity contribution is 8.00. The van der Waals surface area contributed by atoms with Crippen LogP contribution in [-0.4, -0.2) is 14.9 Å². The summed E-state index contributed by atoms with van der Waals surface area (Å²) in [7, 11) is 0. The summed E-state index contributed by atoms with van der Waals surface area (Å²) in [5.74, 6) is 0. The number of rotatable bonds is 6. The third kappa shape index (κ3) is 5.44. The first-order valence-corrected chi connectivity index (χ1v) is 7.03.